The van der Waals surface area contributed by atoms with E-state index in [-0.39, 0.29) is 18.1 Å². The van der Waals surface area contributed by atoms with E-state index in [1.807, 2.05) is 6.92 Å². The molecule has 186 valence electrons. The van der Waals surface area contributed by atoms with Crippen molar-refractivity contribution in [1.29, 1.82) is 0 Å². The summed E-state index contributed by atoms with van der Waals surface area (Å²) in [5, 5.41) is 3.39. The van der Waals surface area contributed by atoms with Gasteiger partial charge >= 0.3 is 0 Å². The Morgan fingerprint density at radius 3 is 2.21 bits per heavy atom. The molecule has 0 saturated heterocycles. The van der Waals surface area contributed by atoms with Gasteiger partial charge in [0, 0.05) is 18.1 Å². The van der Waals surface area contributed by atoms with Crippen molar-refractivity contribution in [3.8, 4) is 0 Å². The zero-order valence-corrected chi connectivity index (χ0v) is 21.2. The molecule has 0 spiro atoms. The van der Waals surface area contributed by atoms with Crippen molar-refractivity contribution in [2.24, 2.45) is 0 Å². The Balaban J connectivity index is 2.37. The minimum absolute atomic E-state index is 0.0940. The number of nitrogens with one attached hydrogen (secondary N) is 1. The SMILES string of the molecule is CCCCNC(=O)[C@H](CC)N(Cc1ccc(Cl)cc1)C(=O)CN(c1ccc(F)cc1)S(C)(=O)=O. The van der Waals surface area contributed by atoms with Crippen molar-refractivity contribution >= 4 is 39.1 Å². The second-order valence-corrected chi connectivity index (χ2v) is 10.3. The van der Waals surface area contributed by atoms with Crippen LogP contribution in [-0.4, -0.2) is 50.5 Å². The van der Waals surface area contributed by atoms with Gasteiger partial charge in [-0.2, -0.15) is 0 Å². The highest BCUT2D eigenvalue weighted by Crippen LogP contribution is 2.20. The van der Waals surface area contributed by atoms with Crippen LogP contribution < -0.4 is 9.62 Å². The van der Waals surface area contributed by atoms with Crippen LogP contribution in [0.25, 0.3) is 0 Å². The highest BCUT2D eigenvalue weighted by Gasteiger charge is 2.31. The zero-order valence-electron chi connectivity index (χ0n) is 19.6. The van der Waals surface area contributed by atoms with Gasteiger partial charge in [-0.1, -0.05) is 44.0 Å². The summed E-state index contributed by atoms with van der Waals surface area (Å²) >= 11 is 5.98. The molecule has 34 heavy (non-hydrogen) atoms. The first-order valence-electron chi connectivity index (χ1n) is 11.1. The molecule has 7 nitrogen and oxygen atoms in total. The molecular weight excluding hydrogens is 481 g/mol. The van der Waals surface area contributed by atoms with E-state index < -0.39 is 34.3 Å². The topological polar surface area (TPSA) is 86.8 Å². The summed E-state index contributed by atoms with van der Waals surface area (Å²) in [4.78, 5) is 27.8. The lowest BCUT2D eigenvalue weighted by Crippen LogP contribution is -2.52. The van der Waals surface area contributed by atoms with E-state index in [1.54, 1.807) is 31.2 Å². The Morgan fingerprint density at radius 1 is 1.06 bits per heavy atom. The number of anilines is 1. The molecule has 0 unspecified atom stereocenters. The molecule has 0 aliphatic rings. The number of unbranched alkanes of at least 4 members (excludes halogenated alkanes) is 1. The molecule has 2 amide bonds. The summed E-state index contributed by atoms with van der Waals surface area (Å²) in [5.74, 6) is -1.38. The van der Waals surface area contributed by atoms with E-state index >= 15 is 0 Å². The molecule has 0 fully saturated rings. The predicted octanol–water partition coefficient (Wildman–Crippen LogP) is 3.97. The van der Waals surface area contributed by atoms with Crippen LogP contribution in [0.2, 0.25) is 5.02 Å². The molecule has 2 aromatic rings. The van der Waals surface area contributed by atoms with E-state index in [0.717, 1.165) is 41.1 Å². The van der Waals surface area contributed by atoms with Gasteiger partial charge in [-0.3, -0.25) is 13.9 Å². The molecule has 2 aromatic carbocycles. The van der Waals surface area contributed by atoms with Crippen molar-refractivity contribution in [2.75, 3.05) is 23.7 Å². The first-order valence-corrected chi connectivity index (χ1v) is 13.3. The lowest BCUT2D eigenvalue weighted by Gasteiger charge is -2.33. The number of carbonyl (C=O) groups is 2. The van der Waals surface area contributed by atoms with Gasteiger partial charge in [0.2, 0.25) is 21.8 Å². The molecule has 0 saturated carbocycles. The highest BCUT2D eigenvalue weighted by atomic mass is 35.5. The van der Waals surface area contributed by atoms with Gasteiger partial charge in [-0.15, -0.1) is 0 Å². The fourth-order valence-electron chi connectivity index (χ4n) is 3.43. The summed E-state index contributed by atoms with van der Waals surface area (Å²) in [5.41, 5.74) is 0.898. The number of halogens is 2. The maximum atomic E-state index is 13.5. The lowest BCUT2D eigenvalue weighted by molar-refractivity contribution is -0.140. The molecular formula is C24H31ClFN3O4S. The quantitative estimate of drug-likeness (QED) is 0.437. The van der Waals surface area contributed by atoms with Gasteiger partial charge in [0.05, 0.1) is 11.9 Å². The van der Waals surface area contributed by atoms with Gasteiger partial charge in [0.25, 0.3) is 0 Å². The standard InChI is InChI=1S/C24H31ClFN3O4S/c1-4-6-15-27-24(31)22(5-2)28(16-18-7-9-19(25)10-8-18)23(30)17-29(34(3,32)33)21-13-11-20(26)12-14-21/h7-14,22H,4-6,15-17H2,1-3H3,(H,27,31)/t22-/m0/s1. The van der Waals surface area contributed by atoms with Crippen LogP contribution in [0.3, 0.4) is 0 Å². The Morgan fingerprint density at radius 2 is 1.68 bits per heavy atom. The van der Waals surface area contributed by atoms with Gasteiger partial charge in [-0.05, 0) is 54.8 Å². The third-order valence-electron chi connectivity index (χ3n) is 5.28. The number of rotatable bonds is 12. The highest BCUT2D eigenvalue weighted by molar-refractivity contribution is 7.92. The summed E-state index contributed by atoms with van der Waals surface area (Å²) in [6.45, 7) is 3.85. The molecule has 0 aromatic heterocycles. The van der Waals surface area contributed by atoms with Crippen LogP contribution >= 0.6 is 11.6 Å². The Bertz CT molecular complexity index is 1060. The van der Waals surface area contributed by atoms with Crippen molar-refractivity contribution in [2.45, 2.75) is 45.7 Å². The number of benzene rings is 2. The maximum absolute atomic E-state index is 13.5. The fraction of sp³-hybridized carbons (Fsp3) is 0.417. The largest absolute Gasteiger partial charge is 0.354 e. The average Bonchev–Trinajstić information content (AvgIpc) is 2.78. The zero-order chi connectivity index (χ0) is 25.3. The van der Waals surface area contributed by atoms with Gasteiger partial charge in [0.15, 0.2) is 0 Å². The molecule has 0 heterocycles. The molecule has 10 heteroatoms. The van der Waals surface area contributed by atoms with E-state index in [9.17, 15) is 22.4 Å². The van der Waals surface area contributed by atoms with Crippen LogP contribution in [0.1, 0.15) is 38.7 Å². The second kappa shape index (κ2) is 12.7. The normalized spacial score (nSPS) is 12.1. The van der Waals surface area contributed by atoms with Gasteiger partial charge in [-0.25, -0.2) is 12.8 Å². The molecule has 0 bridgehead atoms. The van der Waals surface area contributed by atoms with Crippen molar-refractivity contribution in [3.05, 3.63) is 64.9 Å². The number of nitrogens with zero attached hydrogens (tertiary/aromatic N) is 2. The molecule has 1 N–H and O–H groups in total. The molecule has 2 rings (SSSR count). The Hall–Kier alpha value is -2.65. The predicted molar refractivity (Wildman–Crippen MR) is 133 cm³/mol. The maximum Gasteiger partial charge on any atom is 0.244 e. The average molecular weight is 512 g/mol. The second-order valence-electron chi connectivity index (χ2n) is 7.96. The smallest absolute Gasteiger partial charge is 0.244 e. The van der Waals surface area contributed by atoms with E-state index in [2.05, 4.69) is 5.32 Å². The minimum Gasteiger partial charge on any atom is -0.354 e. The molecule has 0 radical (unpaired) electrons. The number of hydrogen-bond acceptors (Lipinski definition) is 4. The number of hydrogen-bond donors (Lipinski definition) is 1. The van der Waals surface area contributed by atoms with Crippen LogP contribution in [-0.2, 0) is 26.2 Å². The fourth-order valence-corrected chi connectivity index (χ4v) is 4.41. The lowest BCUT2D eigenvalue weighted by atomic mass is 10.1. The first-order chi connectivity index (χ1) is 16.1. The van der Waals surface area contributed by atoms with Crippen molar-refractivity contribution < 1.29 is 22.4 Å². The summed E-state index contributed by atoms with van der Waals surface area (Å²) in [6.07, 6.45) is 3.03. The number of carbonyl (C=O) groups excluding carboxylic acids is 2. The van der Waals surface area contributed by atoms with Crippen LogP contribution in [0.15, 0.2) is 48.5 Å². The third-order valence-corrected chi connectivity index (χ3v) is 6.67. The van der Waals surface area contributed by atoms with Crippen molar-refractivity contribution in [3.63, 3.8) is 0 Å². The molecule has 0 aliphatic heterocycles. The number of amides is 2. The Kier molecular flexibility index (Phi) is 10.3. The van der Waals surface area contributed by atoms with Crippen LogP contribution in [0.4, 0.5) is 10.1 Å². The minimum atomic E-state index is -3.86. The third kappa shape index (κ3) is 7.99. The summed E-state index contributed by atoms with van der Waals surface area (Å²) in [7, 11) is -3.86. The Labute approximate surface area is 205 Å². The van der Waals surface area contributed by atoms with Gasteiger partial charge in [0.1, 0.15) is 18.4 Å². The molecule has 1 atom stereocenters. The van der Waals surface area contributed by atoms with Crippen LogP contribution in [0.5, 0.6) is 0 Å². The van der Waals surface area contributed by atoms with E-state index in [4.69, 9.17) is 11.6 Å². The van der Waals surface area contributed by atoms with E-state index in [1.165, 1.54) is 17.0 Å². The van der Waals surface area contributed by atoms with Crippen LogP contribution in [0, 0.1) is 5.82 Å². The van der Waals surface area contributed by atoms with Crippen molar-refractivity contribution in [1.82, 2.24) is 10.2 Å². The molecule has 0 aliphatic carbocycles. The van der Waals surface area contributed by atoms with E-state index in [0.29, 0.717) is 18.0 Å². The monoisotopic (exact) mass is 511 g/mol. The number of sulfonamides is 1. The van der Waals surface area contributed by atoms with Gasteiger partial charge < -0.3 is 10.2 Å². The summed E-state index contributed by atoms with van der Waals surface area (Å²) < 4.78 is 39.3. The first kappa shape index (κ1) is 27.6. The summed E-state index contributed by atoms with van der Waals surface area (Å²) in [6, 6.07) is 10.9.